The first-order valence-electron chi connectivity index (χ1n) is 13.5. The highest BCUT2D eigenvalue weighted by Crippen LogP contribution is 2.57. The maximum absolute atomic E-state index is 13.8. The number of imidazole rings is 1. The largest absolute Gasteiger partial charge is 0.328 e. The van der Waals surface area contributed by atoms with Gasteiger partial charge in [0.15, 0.2) is 0 Å². The van der Waals surface area contributed by atoms with Crippen LogP contribution in [0.15, 0.2) is 53.6 Å². The van der Waals surface area contributed by atoms with E-state index in [9.17, 15) is 4.79 Å². The molecule has 1 aromatic carbocycles. The lowest BCUT2D eigenvalue weighted by atomic mass is 10.0. The predicted molar refractivity (Wildman–Crippen MR) is 145 cm³/mol. The van der Waals surface area contributed by atoms with Crippen molar-refractivity contribution in [3.05, 3.63) is 70.7 Å². The van der Waals surface area contributed by atoms with Crippen molar-refractivity contribution in [1.29, 1.82) is 0 Å². The summed E-state index contributed by atoms with van der Waals surface area (Å²) in [6.07, 6.45) is 7.02. The topological polar surface area (TPSA) is 94.3 Å². The number of benzene rings is 1. The summed E-state index contributed by atoms with van der Waals surface area (Å²) in [5.74, 6) is 2.80. The summed E-state index contributed by atoms with van der Waals surface area (Å²) in [6, 6.07) is 12.4. The Balaban J connectivity index is 1.46. The molecule has 1 fully saturated rings. The fourth-order valence-corrected chi connectivity index (χ4v) is 5.91. The van der Waals surface area contributed by atoms with E-state index in [2.05, 4.69) is 78.6 Å². The van der Waals surface area contributed by atoms with Crippen LogP contribution in [0.25, 0.3) is 22.5 Å². The Hall–Kier alpha value is -3.55. The van der Waals surface area contributed by atoms with Gasteiger partial charge in [0.2, 0.25) is 5.82 Å². The normalized spacial score (nSPS) is 19.2. The van der Waals surface area contributed by atoms with Crippen molar-refractivity contribution in [3.8, 4) is 22.5 Å². The molecule has 1 N–H and O–H groups in total. The maximum Gasteiger partial charge on any atom is 0.328 e. The zero-order chi connectivity index (χ0) is 26.1. The summed E-state index contributed by atoms with van der Waals surface area (Å²) in [4.78, 5) is 18.4. The van der Waals surface area contributed by atoms with Crippen LogP contribution in [0.3, 0.4) is 0 Å². The SMILES string of the molecule is CCCCc1cn(C2C(C(C)C)C2C(C)C)c(=O)n1Cc1cc(-c2cccc(-c3nn[nH]n3)c2)ccn1. The summed E-state index contributed by atoms with van der Waals surface area (Å²) in [5.41, 5.74) is 5.05. The van der Waals surface area contributed by atoms with Crippen LogP contribution in [0, 0.1) is 23.7 Å². The molecule has 2 unspecified atom stereocenters. The van der Waals surface area contributed by atoms with Crippen molar-refractivity contribution in [1.82, 2.24) is 34.7 Å². The van der Waals surface area contributed by atoms with Gasteiger partial charge in [-0.25, -0.2) is 4.79 Å². The van der Waals surface area contributed by atoms with Crippen molar-refractivity contribution in [2.45, 2.75) is 66.5 Å². The van der Waals surface area contributed by atoms with E-state index in [1.165, 1.54) is 0 Å². The number of aryl methyl sites for hydroxylation is 1. The molecular weight excluding hydrogens is 462 g/mol. The van der Waals surface area contributed by atoms with Gasteiger partial charge in [0.25, 0.3) is 0 Å². The molecule has 194 valence electrons. The van der Waals surface area contributed by atoms with Gasteiger partial charge in [-0.1, -0.05) is 59.2 Å². The number of pyridine rings is 1. The lowest BCUT2D eigenvalue weighted by Gasteiger charge is -2.09. The van der Waals surface area contributed by atoms with E-state index in [1.807, 2.05) is 39.6 Å². The molecule has 8 heteroatoms. The van der Waals surface area contributed by atoms with Gasteiger partial charge in [0.1, 0.15) is 0 Å². The van der Waals surface area contributed by atoms with Gasteiger partial charge in [-0.3, -0.25) is 14.1 Å². The van der Waals surface area contributed by atoms with Crippen LogP contribution < -0.4 is 5.69 Å². The second-order valence-electron chi connectivity index (χ2n) is 11.0. The van der Waals surface area contributed by atoms with E-state index in [1.54, 1.807) is 0 Å². The van der Waals surface area contributed by atoms with E-state index in [0.717, 1.165) is 47.3 Å². The Bertz CT molecular complexity index is 1390. The maximum atomic E-state index is 13.8. The number of H-pyrrole nitrogens is 1. The Morgan fingerprint density at radius 2 is 1.73 bits per heavy atom. The second-order valence-corrected chi connectivity index (χ2v) is 11.0. The number of rotatable bonds is 10. The van der Waals surface area contributed by atoms with E-state index < -0.39 is 0 Å². The van der Waals surface area contributed by atoms with Crippen molar-refractivity contribution in [3.63, 3.8) is 0 Å². The first-order chi connectivity index (χ1) is 17.9. The lowest BCUT2D eigenvalue weighted by molar-refractivity contribution is 0.448. The molecule has 3 heterocycles. The molecule has 0 amide bonds. The Morgan fingerprint density at radius 1 is 1.00 bits per heavy atom. The van der Waals surface area contributed by atoms with Gasteiger partial charge >= 0.3 is 5.69 Å². The lowest BCUT2D eigenvalue weighted by Crippen LogP contribution is -2.26. The zero-order valence-corrected chi connectivity index (χ0v) is 22.4. The third kappa shape index (κ3) is 5.02. The van der Waals surface area contributed by atoms with Gasteiger partial charge in [-0.05, 0) is 71.1 Å². The highest BCUT2D eigenvalue weighted by atomic mass is 16.1. The minimum Gasteiger partial charge on any atom is -0.295 e. The second kappa shape index (κ2) is 10.4. The molecule has 1 saturated carbocycles. The highest BCUT2D eigenvalue weighted by Gasteiger charge is 2.54. The summed E-state index contributed by atoms with van der Waals surface area (Å²) in [7, 11) is 0. The standard InChI is InChI=1S/C29H37N7O/c1-6-7-11-24-17-36(27-25(18(2)3)26(27)19(4)5)29(37)35(24)16-23-15-21(12-13-30-23)20-9-8-10-22(14-20)28-31-33-34-32-28/h8-10,12-15,17-19,25-27H,6-7,11,16H2,1-5H3,(H,31,32,33,34). The Labute approximate surface area is 218 Å². The van der Waals surface area contributed by atoms with Crippen LogP contribution >= 0.6 is 0 Å². The smallest absolute Gasteiger partial charge is 0.295 e. The van der Waals surface area contributed by atoms with Crippen LogP contribution in [0.1, 0.15) is 64.9 Å². The van der Waals surface area contributed by atoms with E-state index in [-0.39, 0.29) is 5.69 Å². The van der Waals surface area contributed by atoms with Gasteiger partial charge in [-0.2, -0.15) is 5.21 Å². The highest BCUT2D eigenvalue weighted by molar-refractivity contribution is 5.70. The van der Waals surface area contributed by atoms with Crippen molar-refractivity contribution >= 4 is 0 Å². The van der Waals surface area contributed by atoms with Crippen molar-refractivity contribution in [2.75, 3.05) is 0 Å². The van der Waals surface area contributed by atoms with Crippen LogP contribution in [0.4, 0.5) is 0 Å². The van der Waals surface area contributed by atoms with E-state index in [4.69, 9.17) is 0 Å². The number of aromatic amines is 1. The number of nitrogens with one attached hydrogen (secondary N) is 1. The van der Waals surface area contributed by atoms with Crippen molar-refractivity contribution in [2.24, 2.45) is 23.7 Å². The minimum absolute atomic E-state index is 0.0937. The molecule has 0 bridgehead atoms. The molecular formula is C29H37N7O. The Kier molecular flexibility index (Phi) is 7.09. The van der Waals surface area contributed by atoms with Crippen molar-refractivity contribution < 1.29 is 0 Å². The van der Waals surface area contributed by atoms with Gasteiger partial charge in [0, 0.05) is 29.7 Å². The zero-order valence-electron chi connectivity index (χ0n) is 22.4. The van der Waals surface area contributed by atoms with Crippen LogP contribution in [0.5, 0.6) is 0 Å². The third-order valence-electron chi connectivity index (χ3n) is 7.76. The molecule has 0 aliphatic heterocycles. The third-order valence-corrected chi connectivity index (χ3v) is 7.76. The fraction of sp³-hybridized carbons (Fsp3) is 0.483. The monoisotopic (exact) mass is 499 g/mol. The predicted octanol–water partition coefficient (Wildman–Crippen LogP) is 5.38. The molecule has 2 atom stereocenters. The molecule has 8 nitrogen and oxygen atoms in total. The summed E-state index contributed by atoms with van der Waals surface area (Å²) in [5, 5.41) is 14.4. The minimum atomic E-state index is 0.0937. The summed E-state index contributed by atoms with van der Waals surface area (Å²) in [6.45, 7) is 11.8. The molecule has 1 aliphatic carbocycles. The molecule has 0 spiro atoms. The molecule has 1 aliphatic rings. The molecule has 4 aromatic rings. The molecule has 0 saturated heterocycles. The number of hydrogen-bond donors (Lipinski definition) is 1. The fourth-order valence-electron chi connectivity index (χ4n) is 5.91. The molecule has 37 heavy (non-hydrogen) atoms. The average Bonchev–Trinajstić information content (AvgIpc) is 3.25. The Morgan fingerprint density at radius 3 is 2.41 bits per heavy atom. The first-order valence-corrected chi connectivity index (χ1v) is 13.5. The molecule has 3 aromatic heterocycles. The van der Waals surface area contributed by atoms with Gasteiger partial charge in [-0.15, -0.1) is 10.2 Å². The number of aromatic nitrogens is 7. The van der Waals surface area contributed by atoms with Crippen LogP contribution in [-0.2, 0) is 13.0 Å². The number of hydrogen-bond acceptors (Lipinski definition) is 5. The first kappa shape index (κ1) is 25.1. The summed E-state index contributed by atoms with van der Waals surface area (Å²) < 4.78 is 3.99. The van der Waals surface area contributed by atoms with E-state index in [0.29, 0.717) is 42.1 Å². The molecule has 0 radical (unpaired) electrons. The number of unbranched alkanes of at least 4 members (excludes halogenated alkanes) is 1. The quantitative estimate of drug-likeness (QED) is 0.316. The van der Waals surface area contributed by atoms with Gasteiger partial charge < -0.3 is 0 Å². The number of tetrazole rings is 1. The molecule has 5 rings (SSSR count). The van der Waals surface area contributed by atoms with E-state index >= 15 is 0 Å². The number of nitrogens with zero attached hydrogens (tertiary/aromatic N) is 6. The average molecular weight is 500 g/mol. The van der Waals surface area contributed by atoms with Gasteiger partial charge in [0.05, 0.1) is 12.2 Å². The van der Waals surface area contributed by atoms with Crippen LogP contribution in [0.2, 0.25) is 0 Å². The summed E-state index contributed by atoms with van der Waals surface area (Å²) >= 11 is 0. The van der Waals surface area contributed by atoms with Crippen LogP contribution in [-0.4, -0.2) is 34.7 Å².